The number of hydrogen-bond donors (Lipinski definition) is 1. The first-order valence-corrected chi connectivity index (χ1v) is 13.5. The van der Waals surface area contributed by atoms with E-state index in [-0.39, 0.29) is 48.9 Å². The molecule has 6 rings (SSSR count). The van der Waals surface area contributed by atoms with Crippen molar-refractivity contribution in [2.45, 2.75) is 50.6 Å². The van der Waals surface area contributed by atoms with Gasteiger partial charge in [-0.3, -0.25) is 34.2 Å². The Bertz CT molecular complexity index is 1370. The number of hydrogen-bond acceptors (Lipinski definition) is 6. The van der Waals surface area contributed by atoms with E-state index in [1.165, 1.54) is 21.9 Å². The third-order valence-corrected chi connectivity index (χ3v) is 8.42. The number of halogens is 1. The predicted octanol–water partition coefficient (Wildman–Crippen LogP) is 2.45. The fourth-order valence-electron chi connectivity index (χ4n) is 6.38. The Morgan fingerprint density at radius 2 is 1.54 bits per heavy atom. The van der Waals surface area contributed by atoms with Gasteiger partial charge in [0.1, 0.15) is 11.9 Å². The standard InChI is InChI=1S/C29H29FN4O5/c30-18-14-21(23-16-34(29(39)22(23)15-18)24-6-7-25(35)31-26(24)36)17-8-12-32(13-9-17)10-3-11-33-27(37)19-4-1-2-5-20(19)28(33)38/h1-2,4-5,14-15,17,24H,3,6-13,16H2,(H,31,35,36). The minimum Gasteiger partial charge on any atom is -0.322 e. The quantitative estimate of drug-likeness (QED) is 0.573. The number of rotatable bonds is 6. The highest BCUT2D eigenvalue weighted by atomic mass is 19.1. The Labute approximate surface area is 224 Å². The Kier molecular flexibility index (Phi) is 6.50. The number of imide groups is 2. The van der Waals surface area contributed by atoms with E-state index in [4.69, 9.17) is 0 Å². The van der Waals surface area contributed by atoms with Gasteiger partial charge in [-0.2, -0.15) is 0 Å². The largest absolute Gasteiger partial charge is 0.322 e. The van der Waals surface area contributed by atoms with Gasteiger partial charge in [0.25, 0.3) is 17.7 Å². The minimum atomic E-state index is -0.734. The van der Waals surface area contributed by atoms with E-state index in [1.807, 2.05) is 0 Å². The summed E-state index contributed by atoms with van der Waals surface area (Å²) in [5.41, 5.74) is 2.81. The van der Waals surface area contributed by atoms with E-state index in [2.05, 4.69) is 10.2 Å². The topological polar surface area (TPSA) is 107 Å². The van der Waals surface area contributed by atoms with Crippen LogP contribution in [0.2, 0.25) is 0 Å². The Morgan fingerprint density at radius 3 is 2.21 bits per heavy atom. The summed E-state index contributed by atoms with van der Waals surface area (Å²) in [5, 5.41) is 2.30. The van der Waals surface area contributed by atoms with E-state index in [0.29, 0.717) is 29.7 Å². The second-order valence-corrected chi connectivity index (χ2v) is 10.7. The maximum absolute atomic E-state index is 14.6. The Morgan fingerprint density at radius 1 is 0.846 bits per heavy atom. The van der Waals surface area contributed by atoms with Gasteiger partial charge in [0.2, 0.25) is 11.8 Å². The number of carbonyl (C=O) groups is 5. The molecule has 202 valence electrons. The molecule has 0 bridgehead atoms. The Hall–Kier alpha value is -3.92. The Balaban J connectivity index is 1.07. The molecule has 4 heterocycles. The van der Waals surface area contributed by atoms with Crippen LogP contribution in [0.3, 0.4) is 0 Å². The van der Waals surface area contributed by atoms with Crippen LogP contribution < -0.4 is 5.32 Å². The monoisotopic (exact) mass is 532 g/mol. The van der Waals surface area contributed by atoms with Crippen molar-refractivity contribution in [1.82, 2.24) is 20.0 Å². The number of piperidine rings is 2. The summed E-state index contributed by atoms with van der Waals surface area (Å²) in [7, 11) is 0. The second kappa shape index (κ2) is 10.00. The second-order valence-electron chi connectivity index (χ2n) is 10.7. The molecule has 2 saturated heterocycles. The lowest BCUT2D eigenvalue weighted by Crippen LogP contribution is -2.52. The zero-order chi connectivity index (χ0) is 27.3. The number of carbonyl (C=O) groups excluding carboxylic acids is 5. The van der Waals surface area contributed by atoms with Crippen molar-refractivity contribution >= 4 is 29.5 Å². The van der Waals surface area contributed by atoms with Gasteiger partial charge < -0.3 is 9.80 Å². The van der Waals surface area contributed by atoms with Crippen LogP contribution in [0.5, 0.6) is 0 Å². The molecule has 10 heteroatoms. The molecule has 39 heavy (non-hydrogen) atoms. The number of nitrogens with zero attached hydrogens (tertiary/aromatic N) is 3. The molecule has 4 aliphatic heterocycles. The van der Waals surface area contributed by atoms with Gasteiger partial charge in [0.15, 0.2) is 0 Å². The summed E-state index contributed by atoms with van der Waals surface area (Å²) in [6.07, 6.45) is 2.68. The van der Waals surface area contributed by atoms with Crippen LogP contribution >= 0.6 is 0 Å². The van der Waals surface area contributed by atoms with E-state index < -0.39 is 17.8 Å². The summed E-state index contributed by atoms with van der Waals surface area (Å²) in [5.74, 6) is -2.07. The van der Waals surface area contributed by atoms with Crippen molar-refractivity contribution in [1.29, 1.82) is 0 Å². The van der Waals surface area contributed by atoms with Crippen LogP contribution in [0.4, 0.5) is 4.39 Å². The van der Waals surface area contributed by atoms with Gasteiger partial charge in [0, 0.05) is 25.1 Å². The van der Waals surface area contributed by atoms with Crippen molar-refractivity contribution in [2.75, 3.05) is 26.2 Å². The zero-order valence-electron chi connectivity index (χ0n) is 21.5. The van der Waals surface area contributed by atoms with Crippen LogP contribution in [0.1, 0.15) is 80.2 Å². The highest BCUT2D eigenvalue weighted by Crippen LogP contribution is 2.37. The third-order valence-electron chi connectivity index (χ3n) is 8.42. The van der Waals surface area contributed by atoms with Crippen molar-refractivity contribution in [2.24, 2.45) is 0 Å². The average molecular weight is 533 g/mol. The molecule has 4 aliphatic rings. The summed E-state index contributed by atoms with van der Waals surface area (Å²) < 4.78 is 14.6. The van der Waals surface area contributed by atoms with Crippen LogP contribution in [0, 0.1) is 5.82 Å². The summed E-state index contributed by atoms with van der Waals surface area (Å²) in [4.78, 5) is 67.3. The molecule has 5 amide bonds. The number of benzene rings is 2. The third kappa shape index (κ3) is 4.52. The van der Waals surface area contributed by atoms with E-state index in [9.17, 15) is 28.4 Å². The molecule has 0 radical (unpaired) electrons. The zero-order valence-corrected chi connectivity index (χ0v) is 21.5. The number of likely N-dealkylation sites (tertiary alicyclic amines) is 1. The van der Waals surface area contributed by atoms with E-state index in [0.717, 1.165) is 43.6 Å². The van der Waals surface area contributed by atoms with E-state index in [1.54, 1.807) is 24.3 Å². The van der Waals surface area contributed by atoms with Gasteiger partial charge in [-0.25, -0.2) is 4.39 Å². The van der Waals surface area contributed by atoms with E-state index >= 15 is 0 Å². The molecule has 1 atom stereocenters. The highest BCUT2D eigenvalue weighted by molar-refractivity contribution is 6.21. The fourth-order valence-corrected chi connectivity index (χ4v) is 6.38. The lowest BCUT2D eigenvalue weighted by molar-refractivity contribution is -0.136. The van der Waals surface area contributed by atoms with Gasteiger partial charge in [-0.15, -0.1) is 0 Å². The first-order valence-electron chi connectivity index (χ1n) is 13.5. The first-order chi connectivity index (χ1) is 18.8. The van der Waals surface area contributed by atoms with Gasteiger partial charge in [-0.05, 0) is 86.6 Å². The molecule has 1 unspecified atom stereocenters. The molecule has 2 fully saturated rings. The molecule has 9 nitrogen and oxygen atoms in total. The van der Waals surface area contributed by atoms with Crippen LogP contribution in [-0.4, -0.2) is 76.5 Å². The average Bonchev–Trinajstić information content (AvgIpc) is 3.38. The summed E-state index contributed by atoms with van der Waals surface area (Å²) in [6.45, 7) is 2.90. The van der Waals surface area contributed by atoms with Crippen LogP contribution in [-0.2, 0) is 16.1 Å². The molecular formula is C29H29FN4O5. The lowest BCUT2D eigenvalue weighted by Gasteiger charge is -2.33. The number of nitrogens with one attached hydrogen (secondary N) is 1. The van der Waals surface area contributed by atoms with Gasteiger partial charge in [0.05, 0.1) is 11.1 Å². The molecule has 0 aromatic heterocycles. The SMILES string of the molecule is O=C1CCC(N2Cc3c(cc(F)cc3C3CCN(CCCN4C(=O)c5ccccc5C4=O)CC3)C2=O)C(=O)N1. The molecule has 1 N–H and O–H groups in total. The van der Waals surface area contributed by atoms with Crippen molar-refractivity contribution in [3.05, 3.63) is 70.0 Å². The number of fused-ring (bicyclic) bond motifs is 2. The molecule has 2 aromatic rings. The molecule has 0 aliphatic carbocycles. The molecule has 0 saturated carbocycles. The maximum atomic E-state index is 14.6. The molecule has 2 aromatic carbocycles. The van der Waals surface area contributed by atoms with Crippen LogP contribution in [0.15, 0.2) is 36.4 Å². The van der Waals surface area contributed by atoms with Gasteiger partial charge >= 0.3 is 0 Å². The first kappa shape index (κ1) is 25.4. The van der Waals surface area contributed by atoms with Gasteiger partial charge in [-0.1, -0.05) is 12.1 Å². The lowest BCUT2D eigenvalue weighted by atomic mass is 9.85. The highest BCUT2D eigenvalue weighted by Gasteiger charge is 2.41. The summed E-state index contributed by atoms with van der Waals surface area (Å²) >= 11 is 0. The fraction of sp³-hybridized carbons (Fsp3) is 0.414. The normalized spacial score (nSPS) is 22.0. The maximum Gasteiger partial charge on any atom is 0.261 e. The number of amides is 5. The van der Waals surface area contributed by atoms with Crippen LogP contribution in [0.25, 0.3) is 0 Å². The minimum absolute atomic E-state index is 0.0800. The van der Waals surface area contributed by atoms with Crippen molar-refractivity contribution < 1.29 is 28.4 Å². The molecular weight excluding hydrogens is 503 g/mol. The van der Waals surface area contributed by atoms with Crippen molar-refractivity contribution in [3.63, 3.8) is 0 Å². The van der Waals surface area contributed by atoms with Crippen molar-refractivity contribution in [3.8, 4) is 0 Å². The summed E-state index contributed by atoms with van der Waals surface area (Å²) in [6, 6.07) is 8.91. The predicted molar refractivity (Wildman–Crippen MR) is 137 cm³/mol. The smallest absolute Gasteiger partial charge is 0.261 e. The molecule has 0 spiro atoms.